The number of rotatable bonds is 7. The first-order valence-electron chi connectivity index (χ1n) is 11.8. The van der Waals surface area contributed by atoms with Gasteiger partial charge in [-0.3, -0.25) is 19.3 Å². The quantitative estimate of drug-likeness (QED) is 0.458. The molecule has 3 heterocycles. The maximum Gasteiger partial charge on any atom is 0.322 e. The predicted octanol–water partition coefficient (Wildman–Crippen LogP) is 2.49. The van der Waals surface area contributed by atoms with Crippen LogP contribution in [0.25, 0.3) is 0 Å². The molecule has 35 heavy (non-hydrogen) atoms. The lowest BCUT2D eigenvalue weighted by atomic mass is 9.95. The summed E-state index contributed by atoms with van der Waals surface area (Å²) in [5, 5.41) is 3.32. The van der Waals surface area contributed by atoms with E-state index < -0.39 is 6.04 Å². The van der Waals surface area contributed by atoms with Gasteiger partial charge in [-0.05, 0) is 31.4 Å². The van der Waals surface area contributed by atoms with Gasteiger partial charge in [0.1, 0.15) is 6.54 Å². The third-order valence-corrected chi connectivity index (χ3v) is 6.96. The molecule has 1 atom stereocenters. The molecule has 1 aromatic rings. The second kappa shape index (κ2) is 10.5. The first-order valence-corrected chi connectivity index (χ1v) is 12.1. The van der Waals surface area contributed by atoms with Gasteiger partial charge < -0.3 is 19.9 Å². The highest BCUT2D eigenvalue weighted by Crippen LogP contribution is 2.38. The van der Waals surface area contributed by atoms with Crippen LogP contribution in [0.2, 0.25) is 5.02 Å². The fraction of sp³-hybridized carbons (Fsp3) is 0.440. The average Bonchev–Trinajstić information content (AvgIpc) is 3.17. The second-order valence-electron chi connectivity index (χ2n) is 8.73. The van der Waals surface area contributed by atoms with Crippen LogP contribution in [-0.2, 0) is 19.1 Å². The minimum absolute atomic E-state index is 0.110. The summed E-state index contributed by atoms with van der Waals surface area (Å²) >= 11 is 6.39. The van der Waals surface area contributed by atoms with Crippen molar-refractivity contribution in [2.75, 3.05) is 39.3 Å². The number of esters is 1. The number of amides is 4. The van der Waals surface area contributed by atoms with Gasteiger partial charge in [-0.15, -0.1) is 6.58 Å². The third-order valence-electron chi connectivity index (χ3n) is 6.62. The van der Waals surface area contributed by atoms with Gasteiger partial charge in [0.15, 0.2) is 0 Å². The molecule has 9 nitrogen and oxygen atoms in total. The molecule has 0 aliphatic carbocycles. The first kappa shape index (κ1) is 24.8. The van der Waals surface area contributed by atoms with Crippen LogP contribution in [0.1, 0.15) is 31.4 Å². The molecular formula is C25H29ClN4O5. The largest absolute Gasteiger partial charge is 0.466 e. The molecule has 1 saturated heterocycles. The van der Waals surface area contributed by atoms with Gasteiger partial charge >= 0.3 is 12.0 Å². The zero-order valence-electron chi connectivity index (χ0n) is 19.7. The van der Waals surface area contributed by atoms with Gasteiger partial charge in [0, 0.05) is 24.7 Å². The number of nitrogens with zero attached hydrogens (tertiary/aromatic N) is 3. The van der Waals surface area contributed by atoms with E-state index in [0.29, 0.717) is 54.4 Å². The highest BCUT2D eigenvalue weighted by molar-refractivity contribution is 6.31. The van der Waals surface area contributed by atoms with Gasteiger partial charge in [0.2, 0.25) is 5.91 Å². The van der Waals surface area contributed by atoms with E-state index in [2.05, 4.69) is 11.9 Å². The number of nitrogens with one attached hydrogen (secondary N) is 1. The standard InChI is InChI=1S/C25H29ClN4O5/c1-3-11-30-19-14-29(15-20(31)28-12-9-16(10-13-28)24(33)35-4-2)23(32)21(19)22(27-25(30)34)17-7-5-6-8-18(17)26/h3,5-8,16,22H,1,4,9-15H2,2H3,(H,27,34). The Kier molecular flexibility index (Phi) is 7.45. The number of piperidine rings is 1. The van der Waals surface area contributed by atoms with Crippen molar-refractivity contribution in [3.05, 3.63) is 58.8 Å². The monoisotopic (exact) mass is 500 g/mol. The van der Waals surface area contributed by atoms with E-state index in [-0.39, 0.29) is 49.4 Å². The van der Waals surface area contributed by atoms with Crippen molar-refractivity contribution >= 4 is 35.4 Å². The number of likely N-dealkylation sites (tertiary alicyclic amines) is 1. The molecular weight excluding hydrogens is 472 g/mol. The van der Waals surface area contributed by atoms with Crippen LogP contribution >= 0.6 is 11.6 Å². The van der Waals surface area contributed by atoms with Crippen LogP contribution in [0.3, 0.4) is 0 Å². The predicted molar refractivity (Wildman–Crippen MR) is 129 cm³/mol. The smallest absolute Gasteiger partial charge is 0.322 e. The Labute approximate surface area is 209 Å². The van der Waals surface area contributed by atoms with Crippen molar-refractivity contribution in [1.82, 2.24) is 20.0 Å². The summed E-state index contributed by atoms with van der Waals surface area (Å²) in [7, 11) is 0. The van der Waals surface area contributed by atoms with Gasteiger partial charge in [0.05, 0.1) is 36.4 Å². The molecule has 0 radical (unpaired) electrons. The summed E-state index contributed by atoms with van der Waals surface area (Å²) in [6.45, 7) is 6.95. The van der Waals surface area contributed by atoms with E-state index in [4.69, 9.17) is 16.3 Å². The Bertz CT molecular complexity index is 1080. The van der Waals surface area contributed by atoms with Crippen molar-refractivity contribution in [2.45, 2.75) is 25.8 Å². The lowest BCUT2D eigenvalue weighted by molar-refractivity contribution is -0.151. The van der Waals surface area contributed by atoms with Crippen molar-refractivity contribution in [3.63, 3.8) is 0 Å². The fourth-order valence-corrected chi connectivity index (χ4v) is 5.07. The molecule has 1 aromatic carbocycles. The summed E-state index contributed by atoms with van der Waals surface area (Å²) in [5.74, 6) is -0.934. The van der Waals surface area contributed by atoms with Gasteiger partial charge in [-0.25, -0.2) is 4.79 Å². The molecule has 0 spiro atoms. The molecule has 3 aliphatic rings. The van der Waals surface area contributed by atoms with Crippen LogP contribution in [0, 0.1) is 5.92 Å². The van der Waals surface area contributed by atoms with E-state index in [9.17, 15) is 19.2 Å². The number of hydrogen-bond acceptors (Lipinski definition) is 5. The molecule has 0 saturated carbocycles. The van der Waals surface area contributed by atoms with Crippen LogP contribution in [-0.4, -0.2) is 77.8 Å². The number of halogens is 1. The molecule has 1 N–H and O–H groups in total. The highest BCUT2D eigenvalue weighted by atomic mass is 35.5. The SMILES string of the molecule is C=CCN1C(=O)NC(c2ccccc2Cl)C2=C1CN(CC(=O)N1CCC(C(=O)OCC)CC1)C2=O. The van der Waals surface area contributed by atoms with E-state index in [0.717, 1.165) is 0 Å². The lowest BCUT2D eigenvalue weighted by Gasteiger charge is -2.33. The third kappa shape index (κ3) is 4.91. The molecule has 1 fully saturated rings. The number of carbonyl (C=O) groups is 4. The fourth-order valence-electron chi connectivity index (χ4n) is 4.83. The summed E-state index contributed by atoms with van der Waals surface area (Å²) in [6, 6.07) is 6.00. The molecule has 4 rings (SSSR count). The van der Waals surface area contributed by atoms with E-state index in [1.807, 2.05) is 0 Å². The Hall–Kier alpha value is -3.33. The number of carbonyl (C=O) groups excluding carboxylic acids is 4. The zero-order chi connectivity index (χ0) is 25.1. The Morgan fingerprint density at radius 2 is 1.94 bits per heavy atom. The van der Waals surface area contributed by atoms with Crippen molar-refractivity contribution in [1.29, 1.82) is 0 Å². The van der Waals surface area contributed by atoms with Crippen LogP contribution in [0.5, 0.6) is 0 Å². The molecule has 0 aromatic heterocycles. The zero-order valence-corrected chi connectivity index (χ0v) is 20.4. The first-order chi connectivity index (χ1) is 16.8. The van der Waals surface area contributed by atoms with E-state index in [1.54, 1.807) is 42.2 Å². The Morgan fingerprint density at radius 1 is 1.23 bits per heavy atom. The summed E-state index contributed by atoms with van der Waals surface area (Å²) in [6.07, 6.45) is 2.66. The molecule has 3 aliphatic heterocycles. The molecule has 186 valence electrons. The Balaban J connectivity index is 1.50. The number of hydrogen-bond donors (Lipinski definition) is 1. The van der Waals surface area contributed by atoms with Gasteiger partial charge in [-0.1, -0.05) is 35.9 Å². The van der Waals surface area contributed by atoms with Gasteiger partial charge in [0.25, 0.3) is 5.91 Å². The topological polar surface area (TPSA) is 99.3 Å². The summed E-state index contributed by atoms with van der Waals surface area (Å²) in [4.78, 5) is 56.0. The highest BCUT2D eigenvalue weighted by Gasteiger charge is 2.45. The molecule has 10 heteroatoms. The van der Waals surface area contributed by atoms with Gasteiger partial charge in [-0.2, -0.15) is 0 Å². The average molecular weight is 501 g/mol. The summed E-state index contributed by atoms with van der Waals surface area (Å²) < 4.78 is 5.09. The molecule has 1 unspecified atom stereocenters. The number of urea groups is 1. The maximum absolute atomic E-state index is 13.5. The number of benzene rings is 1. The number of ether oxygens (including phenoxy) is 1. The summed E-state index contributed by atoms with van der Waals surface area (Å²) in [5.41, 5.74) is 1.58. The van der Waals surface area contributed by atoms with E-state index >= 15 is 0 Å². The van der Waals surface area contributed by atoms with Crippen molar-refractivity contribution in [3.8, 4) is 0 Å². The van der Waals surface area contributed by atoms with Crippen molar-refractivity contribution < 1.29 is 23.9 Å². The minimum Gasteiger partial charge on any atom is -0.466 e. The Morgan fingerprint density at radius 3 is 2.60 bits per heavy atom. The maximum atomic E-state index is 13.5. The van der Waals surface area contributed by atoms with E-state index in [1.165, 1.54) is 9.80 Å². The minimum atomic E-state index is -0.708. The van der Waals surface area contributed by atoms with Crippen LogP contribution < -0.4 is 5.32 Å². The molecule has 0 bridgehead atoms. The second-order valence-corrected chi connectivity index (χ2v) is 9.14. The lowest BCUT2D eigenvalue weighted by Crippen LogP contribution is -2.47. The van der Waals surface area contributed by atoms with Crippen LogP contribution in [0.4, 0.5) is 4.79 Å². The van der Waals surface area contributed by atoms with Crippen LogP contribution in [0.15, 0.2) is 48.2 Å². The van der Waals surface area contributed by atoms with Crippen molar-refractivity contribution in [2.24, 2.45) is 5.92 Å². The normalized spacial score (nSPS) is 20.6. The molecule has 4 amide bonds.